The third kappa shape index (κ3) is 2.15. The van der Waals surface area contributed by atoms with Crippen LogP contribution in [0.15, 0.2) is 47.1 Å². The molecule has 0 saturated carbocycles. The van der Waals surface area contributed by atoms with Crippen molar-refractivity contribution in [3.05, 3.63) is 47.6 Å². The first-order valence-corrected chi connectivity index (χ1v) is 5.86. The van der Waals surface area contributed by atoms with E-state index in [1.54, 1.807) is 42.6 Å². The highest BCUT2D eigenvalue weighted by Crippen LogP contribution is 2.29. The number of nitrogens with zero attached hydrogens (tertiary/aromatic N) is 3. The van der Waals surface area contributed by atoms with Gasteiger partial charge in [-0.3, -0.25) is 4.98 Å². The van der Waals surface area contributed by atoms with E-state index in [-0.39, 0.29) is 17.5 Å². The molecule has 2 heterocycles. The van der Waals surface area contributed by atoms with Crippen molar-refractivity contribution >= 4 is 11.6 Å². The van der Waals surface area contributed by atoms with Crippen LogP contribution in [0.1, 0.15) is 0 Å². The van der Waals surface area contributed by atoms with Crippen LogP contribution in [-0.2, 0) is 0 Å². The molecule has 5 nitrogen and oxygen atoms in total. The highest BCUT2D eigenvalue weighted by atomic mass is 35.5. The number of phenols is 1. The van der Waals surface area contributed by atoms with Crippen LogP contribution in [0.2, 0.25) is 5.02 Å². The van der Waals surface area contributed by atoms with Crippen molar-refractivity contribution in [1.82, 2.24) is 15.1 Å². The van der Waals surface area contributed by atoms with Gasteiger partial charge in [-0.2, -0.15) is 4.98 Å². The molecule has 2 aromatic heterocycles. The zero-order valence-electron chi connectivity index (χ0n) is 9.62. The topological polar surface area (TPSA) is 72.0 Å². The molecule has 0 aliphatic heterocycles. The number of aromatic nitrogens is 3. The number of para-hydroxylation sites is 1. The van der Waals surface area contributed by atoms with Gasteiger partial charge in [0.2, 0.25) is 5.82 Å². The van der Waals surface area contributed by atoms with Gasteiger partial charge in [0.15, 0.2) is 0 Å². The molecule has 0 fully saturated rings. The van der Waals surface area contributed by atoms with Gasteiger partial charge in [-0.15, -0.1) is 0 Å². The Labute approximate surface area is 113 Å². The molecule has 6 heteroatoms. The molecule has 0 aliphatic carbocycles. The van der Waals surface area contributed by atoms with Gasteiger partial charge in [-0.05, 0) is 24.3 Å². The molecule has 1 N–H and O–H groups in total. The molecule has 94 valence electrons. The summed E-state index contributed by atoms with van der Waals surface area (Å²) in [7, 11) is 0. The summed E-state index contributed by atoms with van der Waals surface area (Å²) in [5, 5.41) is 14.0. The molecule has 3 aromatic rings. The maximum atomic E-state index is 9.73. The average Bonchev–Trinajstić information content (AvgIpc) is 2.89. The van der Waals surface area contributed by atoms with Crippen molar-refractivity contribution in [2.75, 3.05) is 0 Å². The Balaban J connectivity index is 2.06. The summed E-state index contributed by atoms with van der Waals surface area (Å²) in [5.41, 5.74) is 0.905. The molecule has 0 radical (unpaired) electrons. The lowest BCUT2D eigenvalue weighted by atomic mass is 10.2. The van der Waals surface area contributed by atoms with Crippen LogP contribution in [0.4, 0.5) is 0 Å². The van der Waals surface area contributed by atoms with Crippen molar-refractivity contribution in [3.63, 3.8) is 0 Å². The van der Waals surface area contributed by atoms with Crippen LogP contribution in [0.5, 0.6) is 5.75 Å². The van der Waals surface area contributed by atoms with Gasteiger partial charge < -0.3 is 9.63 Å². The summed E-state index contributed by atoms with van der Waals surface area (Å²) in [5.74, 6) is 0.573. The fourth-order valence-electron chi connectivity index (χ4n) is 1.63. The van der Waals surface area contributed by atoms with Gasteiger partial charge >= 0.3 is 0 Å². The molecule has 0 atom stereocenters. The molecular formula is C13H8ClN3O2. The highest BCUT2D eigenvalue weighted by molar-refractivity contribution is 6.32. The molecule has 3 rings (SSSR count). The number of benzene rings is 1. The number of aromatic hydroxyl groups is 1. The van der Waals surface area contributed by atoms with E-state index in [1.165, 1.54) is 0 Å². The van der Waals surface area contributed by atoms with Gasteiger partial charge in [0, 0.05) is 6.20 Å². The lowest BCUT2D eigenvalue weighted by Crippen LogP contribution is -1.86. The van der Waals surface area contributed by atoms with E-state index < -0.39 is 0 Å². The summed E-state index contributed by atoms with van der Waals surface area (Å²) >= 11 is 6.01. The summed E-state index contributed by atoms with van der Waals surface area (Å²) < 4.78 is 5.12. The van der Waals surface area contributed by atoms with E-state index in [9.17, 15) is 5.11 Å². The molecule has 19 heavy (non-hydrogen) atoms. The summed E-state index contributed by atoms with van der Waals surface area (Å²) in [6.45, 7) is 0. The summed E-state index contributed by atoms with van der Waals surface area (Å²) in [6, 6.07) is 10.1. The Morgan fingerprint density at radius 1 is 1.11 bits per heavy atom. The molecular weight excluding hydrogens is 266 g/mol. The third-order valence-corrected chi connectivity index (χ3v) is 2.84. The number of hydrogen-bond acceptors (Lipinski definition) is 5. The molecule has 1 aromatic carbocycles. The number of phenolic OH excluding ortho intramolecular Hbond substituents is 1. The Morgan fingerprint density at radius 2 is 1.95 bits per heavy atom. The Morgan fingerprint density at radius 3 is 2.74 bits per heavy atom. The second kappa shape index (κ2) is 4.70. The third-order valence-electron chi connectivity index (χ3n) is 2.53. The molecule has 0 amide bonds. The lowest BCUT2D eigenvalue weighted by molar-refractivity contribution is 0.425. The molecule has 0 spiro atoms. The average molecular weight is 274 g/mol. The molecule has 0 saturated heterocycles. The van der Waals surface area contributed by atoms with Gasteiger partial charge in [0.05, 0.1) is 10.6 Å². The zero-order chi connectivity index (χ0) is 13.2. The van der Waals surface area contributed by atoms with E-state index in [1.807, 2.05) is 0 Å². The molecule has 0 bridgehead atoms. The minimum Gasteiger partial charge on any atom is -0.507 e. The van der Waals surface area contributed by atoms with Crippen LogP contribution < -0.4 is 0 Å². The van der Waals surface area contributed by atoms with Crippen molar-refractivity contribution in [3.8, 4) is 28.7 Å². The van der Waals surface area contributed by atoms with Gasteiger partial charge in [-0.1, -0.05) is 28.9 Å². The van der Waals surface area contributed by atoms with Gasteiger partial charge in [0.25, 0.3) is 5.89 Å². The second-order valence-electron chi connectivity index (χ2n) is 3.77. The fourth-order valence-corrected chi connectivity index (χ4v) is 1.84. The normalized spacial score (nSPS) is 10.6. The van der Waals surface area contributed by atoms with Crippen LogP contribution in [0.3, 0.4) is 0 Å². The fraction of sp³-hybridized carbons (Fsp3) is 0. The minimum atomic E-state index is 0.0739. The summed E-state index contributed by atoms with van der Waals surface area (Å²) in [6.07, 6.45) is 1.59. The molecule has 0 aliphatic rings. The zero-order valence-corrected chi connectivity index (χ0v) is 10.4. The Hall–Kier alpha value is -2.40. The standard InChI is InChI=1S/C13H8ClN3O2/c14-9-5-3-7-15-11(9)12-16-13(19-17-12)8-4-1-2-6-10(8)18/h1-7,18H. The number of halogens is 1. The lowest BCUT2D eigenvalue weighted by Gasteiger charge is -1.97. The first-order chi connectivity index (χ1) is 9.25. The maximum absolute atomic E-state index is 9.73. The van der Waals surface area contributed by atoms with Crippen LogP contribution in [0, 0.1) is 0 Å². The monoisotopic (exact) mass is 273 g/mol. The predicted octanol–water partition coefficient (Wildman–Crippen LogP) is 3.16. The first-order valence-electron chi connectivity index (χ1n) is 5.48. The number of rotatable bonds is 2. The Bertz CT molecular complexity index is 667. The number of pyridine rings is 1. The Kier molecular flexibility index (Phi) is 2.89. The van der Waals surface area contributed by atoms with E-state index in [0.29, 0.717) is 16.3 Å². The van der Waals surface area contributed by atoms with Gasteiger partial charge in [0.1, 0.15) is 11.4 Å². The van der Waals surface area contributed by atoms with Crippen LogP contribution >= 0.6 is 11.6 Å². The smallest absolute Gasteiger partial charge is 0.262 e. The van der Waals surface area contributed by atoms with E-state index in [4.69, 9.17) is 16.1 Å². The maximum Gasteiger partial charge on any atom is 0.262 e. The molecule has 0 unspecified atom stereocenters. The minimum absolute atomic E-state index is 0.0739. The van der Waals surface area contributed by atoms with E-state index in [2.05, 4.69) is 15.1 Å². The number of hydrogen-bond donors (Lipinski definition) is 1. The van der Waals surface area contributed by atoms with E-state index >= 15 is 0 Å². The first kappa shape index (κ1) is 11.7. The van der Waals surface area contributed by atoms with Gasteiger partial charge in [-0.25, -0.2) is 0 Å². The van der Waals surface area contributed by atoms with Crippen molar-refractivity contribution < 1.29 is 9.63 Å². The van der Waals surface area contributed by atoms with Crippen molar-refractivity contribution in [2.45, 2.75) is 0 Å². The van der Waals surface area contributed by atoms with Crippen molar-refractivity contribution in [2.24, 2.45) is 0 Å². The van der Waals surface area contributed by atoms with Crippen molar-refractivity contribution in [1.29, 1.82) is 0 Å². The summed E-state index contributed by atoms with van der Waals surface area (Å²) in [4.78, 5) is 8.29. The largest absolute Gasteiger partial charge is 0.507 e. The highest BCUT2D eigenvalue weighted by Gasteiger charge is 2.15. The van der Waals surface area contributed by atoms with Crippen LogP contribution in [0.25, 0.3) is 23.0 Å². The SMILES string of the molecule is Oc1ccccc1-c1nc(-c2ncccc2Cl)no1. The second-order valence-corrected chi connectivity index (χ2v) is 4.18. The van der Waals surface area contributed by atoms with Crippen LogP contribution in [-0.4, -0.2) is 20.2 Å². The van der Waals surface area contributed by atoms with E-state index in [0.717, 1.165) is 0 Å². The quantitative estimate of drug-likeness (QED) is 0.776. The predicted molar refractivity (Wildman–Crippen MR) is 69.6 cm³/mol.